The van der Waals surface area contributed by atoms with Crippen LogP contribution in [0.4, 0.5) is 4.79 Å². The van der Waals surface area contributed by atoms with Crippen molar-refractivity contribution in [3.8, 4) is 11.5 Å². The van der Waals surface area contributed by atoms with Crippen molar-refractivity contribution in [1.29, 1.82) is 0 Å². The fraction of sp³-hybridized carbons (Fsp3) is 0.500. The Bertz CT molecular complexity index is 1020. The first-order valence-electron chi connectivity index (χ1n) is 10.4. The van der Waals surface area contributed by atoms with E-state index in [1.807, 2.05) is 39.0 Å². The summed E-state index contributed by atoms with van der Waals surface area (Å²) in [7, 11) is 0. The maximum absolute atomic E-state index is 12.7. The lowest BCUT2D eigenvalue weighted by atomic mass is 9.73. The molecule has 5 rings (SSSR count). The molecule has 3 amide bonds. The molecule has 0 radical (unpaired) electrons. The van der Waals surface area contributed by atoms with E-state index in [2.05, 4.69) is 10.8 Å². The van der Waals surface area contributed by atoms with Crippen molar-refractivity contribution < 1.29 is 28.7 Å². The maximum Gasteiger partial charge on any atom is 0.410 e. The van der Waals surface area contributed by atoms with Crippen LogP contribution in [-0.2, 0) is 20.9 Å². The standard InChI is InChI=1S/C22H25N3O6/c1-21(2,3)30-20(28)25-10-22(11-25)15(14-4-5-18(26)24-19(14)27)6-12-7-17-13(9-23-31-17)8-16(12)29-22/h6-8,14,23H,4-5,9-11H2,1-3H3,(H,24,26,27). The number of rotatable bonds is 1. The third kappa shape index (κ3) is 3.42. The number of amides is 3. The van der Waals surface area contributed by atoms with Crippen molar-refractivity contribution in [2.45, 2.75) is 51.4 Å². The molecular weight excluding hydrogens is 402 g/mol. The van der Waals surface area contributed by atoms with Crippen LogP contribution in [0.1, 0.15) is 44.7 Å². The van der Waals surface area contributed by atoms with Crippen molar-refractivity contribution in [3.05, 3.63) is 28.8 Å². The Morgan fingerprint density at radius 2 is 2.00 bits per heavy atom. The van der Waals surface area contributed by atoms with Gasteiger partial charge in [-0.1, -0.05) is 0 Å². The molecule has 1 atom stereocenters. The summed E-state index contributed by atoms with van der Waals surface area (Å²) in [4.78, 5) is 43.9. The minimum atomic E-state index is -0.826. The summed E-state index contributed by atoms with van der Waals surface area (Å²) in [6, 6.07) is 3.81. The molecule has 1 unspecified atom stereocenters. The Morgan fingerprint density at radius 3 is 2.71 bits per heavy atom. The lowest BCUT2D eigenvalue weighted by Crippen LogP contribution is -2.69. The molecule has 0 bridgehead atoms. The van der Waals surface area contributed by atoms with Gasteiger partial charge in [-0.3, -0.25) is 19.8 Å². The van der Waals surface area contributed by atoms with Crippen molar-refractivity contribution >= 4 is 24.0 Å². The van der Waals surface area contributed by atoms with E-state index in [9.17, 15) is 14.4 Å². The van der Waals surface area contributed by atoms with E-state index < -0.39 is 23.2 Å². The van der Waals surface area contributed by atoms with Gasteiger partial charge in [0.15, 0.2) is 11.4 Å². The van der Waals surface area contributed by atoms with Crippen molar-refractivity contribution in [2.75, 3.05) is 13.1 Å². The molecule has 4 aliphatic heterocycles. The lowest BCUT2D eigenvalue weighted by molar-refractivity contribution is -0.136. The molecule has 2 saturated heterocycles. The van der Waals surface area contributed by atoms with Gasteiger partial charge in [0.25, 0.3) is 0 Å². The number of nitrogens with one attached hydrogen (secondary N) is 2. The number of piperidine rings is 1. The van der Waals surface area contributed by atoms with Crippen LogP contribution in [0.2, 0.25) is 0 Å². The Morgan fingerprint density at radius 1 is 1.23 bits per heavy atom. The Balaban J connectivity index is 1.48. The first-order chi connectivity index (χ1) is 14.6. The highest BCUT2D eigenvalue weighted by molar-refractivity contribution is 6.00. The van der Waals surface area contributed by atoms with Crippen LogP contribution in [-0.4, -0.2) is 47.1 Å². The molecule has 4 aliphatic rings. The van der Waals surface area contributed by atoms with E-state index in [0.29, 0.717) is 18.7 Å². The molecule has 4 heterocycles. The van der Waals surface area contributed by atoms with Crippen LogP contribution < -0.4 is 20.4 Å². The Hall–Kier alpha value is -3.07. The summed E-state index contributed by atoms with van der Waals surface area (Å²) >= 11 is 0. The van der Waals surface area contributed by atoms with Gasteiger partial charge in [-0.25, -0.2) is 4.79 Å². The highest BCUT2D eigenvalue weighted by Crippen LogP contribution is 2.47. The first-order valence-corrected chi connectivity index (χ1v) is 10.4. The zero-order valence-corrected chi connectivity index (χ0v) is 17.7. The third-order valence-corrected chi connectivity index (χ3v) is 5.94. The fourth-order valence-electron chi connectivity index (χ4n) is 4.49. The van der Waals surface area contributed by atoms with Crippen molar-refractivity contribution in [2.24, 2.45) is 5.92 Å². The normalized spacial score (nSPS) is 23.6. The molecule has 0 aliphatic carbocycles. The van der Waals surface area contributed by atoms with Gasteiger partial charge in [-0.05, 0) is 51.0 Å². The summed E-state index contributed by atoms with van der Waals surface area (Å²) in [6.07, 6.45) is 2.21. The van der Waals surface area contributed by atoms with Gasteiger partial charge in [0.1, 0.15) is 11.4 Å². The average Bonchev–Trinajstić information content (AvgIpc) is 3.09. The number of carbonyl (C=O) groups excluding carboxylic acids is 3. The Kier molecular flexibility index (Phi) is 4.30. The van der Waals surface area contributed by atoms with Gasteiger partial charge in [-0.15, -0.1) is 0 Å². The van der Waals surface area contributed by atoms with Crippen LogP contribution in [0.25, 0.3) is 6.08 Å². The minimum absolute atomic E-state index is 0.268. The van der Waals surface area contributed by atoms with E-state index in [1.165, 1.54) is 0 Å². The molecular formula is C22H25N3O6. The molecule has 164 valence electrons. The third-order valence-electron chi connectivity index (χ3n) is 5.94. The second-order valence-corrected chi connectivity index (χ2v) is 9.46. The molecule has 2 N–H and O–H groups in total. The number of hydrogen-bond acceptors (Lipinski definition) is 7. The zero-order valence-electron chi connectivity index (χ0n) is 17.7. The first kappa shape index (κ1) is 19.9. The summed E-state index contributed by atoms with van der Waals surface area (Å²) in [5.74, 6) is 0.309. The second kappa shape index (κ2) is 6.71. The number of hydroxylamine groups is 1. The molecule has 9 nitrogen and oxygen atoms in total. The summed E-state index contributed by atoms with van der Waals surface area (Å²) < 4.78 is 12.0. The van der Waals surface area contributed by atoms with Crippen molar-refractivity contribution in [1.82, 2.24) is 15.7 Å². The highest BCUT2D eigenvalue weighted by atomic mass is 16.7. The number of carbonyl (C=O) groups is 3. The van der Waals surface area contributed by atoms with E-state index >= 15 is 0 Å². The van der Waals surface area contributed by atoms with Gasteiger partial charge in [0, 0.05) is 17.5 Å². The quantitative estimate of drug-likeness (QED) is 0.660. The van der Waals surface area contributed by atoms with Gasteiger partial charge in [0.2, 0.25) is 11.8 Å². The number of hydrogen-bond donors (Lipinski definition) is 2. The molecule has 0 aromatic heterocycles. The number of nitrogens with zero attached hydrogens (tertiary/aromatic N) is 1. The minimum Gasteiger partial charge on any atom is -0.478 e. The van der Waals surface area contributed by atoms with Crippen molar-refractivity contribution in [3.63, 3.8) is 0 Å². The maximum atomic E-state index is 12.7. The molecule has 9 heteroatoms. The van der Waals surface area contributed by atoms with E-state index in [0.717, 1.165) is 22.4 Å². The summed E-state index contributed by atoms with van der Waals surface area (Å²) in [5, 5.41) is 2.43. The number of ether oxygens (including phenoxy) is 2. The summed E-state index contributed by atoms with van der Waals surface area (Å²) in [6.45, 7) is 6.58. The smallest absolute Gasteiger partial charge is 0.410 e. The SMILES string of the molecule is CC(C)(C)OC(=O)N1CC2(C1)Oc1cc3c(cc1C=C2C1CCC(=O)NC1=O)ONC3. The molecule has 31 heavy (non-hydrogen) atoms. The van der Waals surface area contributed by atoms with Gasteiger partial charge >= 0.3 is 6.09 Å². The highest BCUT2D eigenvalue weighted by Gasteiger charge is 2.56. The van der Waals surface area contributed by atoms with Crippen LogP contribution in [0, 0.1) is 5.92 Å². The van der Waals surface area contributed by atoms with Gasteiger partial charge < -0.3 is 14.3 Å². The largest absolute Gasteiger partial charge is 0.478 e. The average molecular weight is 427 g/mol. The lowest BCUT2D eigenvalue weighted by Gasteiger charge is -2.53. The van der Waals surface area contributed by atoms with Crippen LogP contribution in [0.5, 0.6) is 11.5 Å². The predicted molar refractivity (Wildman–Crippen MR) is 109 cm³/mol. The number of fused-ring (bicyclic) bond motifs is 2. The van der Waals surface area contributed by atoms with E-state index in [1.54, 1.807) is 4.90 Å². The van der Waals surface area contributed by atoms with Crippen LogP contribution in [0.15, 0.2) is 17.7 Å². The topological polar surface area (TPSA) is 106 Å². The van der Waals surface area contributed by atoms with E-state index in [4.69, 9.17) is 14.3 Å². The molecule has 0 saturated carbocycles. The number of likely N-dealkylation sites (tertiary alicyclic amines) is 1. The second-order valence-electron chi connectivity index (χ2n) is 9.46. The number of imide groups is 1. The molecule has 1 spiro atoms. The van der Waals surface area contributed by atoms with E-state index in [-0.39, 0.29) is 31.3 Å². The predicted octanol–water partition coefficient (Wildman–Crippen LogP) is 1.90. The van der Waals surface area contributed by atoms with Crippen LogP contribution >= 0.6 is 0 Å². The van der Waals surface area contributed by atoms with Gasteiger partial charge in [-0.2, -0.15) is 5.48 Å². The zero-order chi connectivity index (χ0) is 22.0. The van der Waals surface area contributed by atoms with Gasteiger partial charge in [0.05, 0.1) is 25.6 Å². The fourth-order valence-corrected chi connectivity index (χ4v) is 4.49. The molecule has 2 fully saturated rings. The Labute approximate surface area is 179 Å². The summed E-state index contributed by atoms with van der Waals surface area (Å²) in [5.41, 5.74) is 3.98. The van der Waals surface area contributed by atoms with Crippen LogP contribution in [0.3, 0.4) is 0 Å². The molecule has 1 aromatic carbocycles. The number of benzene rings is 1. The monoisotopic (exact) mass is 427 g/mol. The molecule has 1 aromatic rings.